The van der Waals surface area contributed by atoms with E-state index in [-0.39, 0.29) is 12.7 Å². The van der Waals surface area contributed by atoms with Crippen molar-refractivity contribution in [2.75, 3.05) is 13.2 Å². The zero-order chi connectivity index (χ0) is 12.0. The van der Waals surface area contributed by atoms with E-state index in [9.17, 15) is 5.11 Å². The van der Waals surface area contributed by atoms with E-state index in [0.717, 1.165) is 10.2 Å². The molecular weight excluding hydrogens is 272 g/mol. The van der Waals surface area contributed by atoms with Crippen LogP contribution in [-0.2, 0) is 4.74 Å². The Hall–Kier alpha value is -0.580. The lowest BCUT2D eigenvalue weighted by Crippen LogP contribution is -2.25. The Morgan fingerprint density at radius 3 is 2.69 bits per heavy atom. The molecular formula is C12H17BrO3. The highest BCUT2D eigenvalue weighted by Crippen LogP contribution is 2.17. The first-order valence-electron chi connectivity index (χ1n) is 5.26. The Kier molecular flexibility index (Phi) is 5.80. The summed E-state index contributed by atoms with van der Waals surface area (Å²) in [5, 5.41) is 9.57. The number of hydrogen-bond acceptors (Lipinski definition) is 3. The predicted molar refractivity (Wildman–Crippen MR) is 66.7 cm³/mol. The number of halogens is 1. The first-order valence-corrected chi connectivity index (χ1v) is 6.05. The third kappa shape index (κ3) is 5.49. The molecule has 1 unspecified atom stereocenters. The molecule has 0 aliphatic rings. The summed E-state index contributed by atoms with van der Waals surface area (Å²) in [7, 11) is 0. The van der Waals surface area contributed by atoms with E-state index in [4.69, 9.17) is 9.47 Å². The van der Waals surface area contributed by atoms with Crippen LogP contribution in [0.2, 0.25) is 0 Å². The van der Waals surface area contributed by atoms with Crippen LogP contribution in [0.25, 0.3) is 0 Å². The van der Waals surface area contributed by atoms with E-state index < -0.39 is 6.10 Å². The molecule has 90 valence electrons. The second kappa shape index (κ2) is 6.89. The Balaban J connectivity index is 2.28. The minimum Gasteiger partial charge on any atom is -0.491 e. The first kappa shape index (κ1) is 13.5. The summed E-state index contributed by atoms with van der Waals surface area (Å²) in [4.78, 5) is 0. The van der Waals surface area contributed by atoms with Crippen molar-refractivity contribution in [3.63, 3.8) is 0 Å². The standard InChI is InChI=1S/C12H17BrO3/c1-9(2)15-7-11(14)8-16-12-5-3-4-10(13)6-12/h3-6,9,11,14H,7-8H2,1-2H3. The number of hydrogen-bond donors (Lipinski definition) is 1. The quantitative estimate of drug-likeness (QED) is 0.875. The highest BCUT2D eigenvalue weighted by Gasteiger charge is 2.06. The van der Waals surface area contributed by atoms with Gasteiger partial charge in [0.25, 0.3) is 0 Å². The number of aliphatic hydroxyl groups is 1. The van der Waals surface area contributed by atoms with Crippen LogP contribution >= 0.6 is 15.9 Å². The van der Waals surface area contributed by atoms with Gasteiger partial charge in [-0.3, -0.25) is 0 Å². The maximum atomic E-state index is 9.57. The molecule has 0 amide bonds. The fourth-order valence-electron chi connectivity index (χ4n) is 1.10. The molecule has 1 N–H and O–H groups in total. The van der Waals surface area contributed by atoms with Crippen LogP contribution < -0.4 is 4.74 Å². The van der Waals surface area contributed by atoms with Gasteiger partial charge in [0.1, 0.15) is 18.5 Å². The molecule has 16 heavy (non-hydrogen) atoms. The summed E-state index contributed by atoms with van der Waals surface area (Å²) in [5.41, 5.74) is 0. The predicted octanol–water partition coefficient (Wildman–Crippen LogP) is 2.61. The molecule has 0 aliphatic heterocycles. The first-order chi connectivity index (χ1) is 7.58. The van der Waals surface area contributed by atoms with Gasteiger partial charge in [-0.25, -0.2) is 0 Å². The third-order valence-electron chi connectivity index (χ3n) is 1.86. The van der Waals surface area contributed by atoms with Crippen molar-refractivity contribution >= 4 is 15.9 Å². The van der Waals surface area contributed by atoms with Crippen LogP contribution in [0.15, 0.2) is 28.7 Å². The van der Waals surface area contributed by atoms with Crippen LogP contribution in [0.5, 0.6) is 5.75 Å². The molecule has 0 saturated heterocycles. The van der Waals surface area contributed by atoms with Gasteiger partial charge in [0.2, 0.25) is 0 Å². The zero-order valence-corrected chi connectivity index (χ0v) is 11.1. The van der Waals surface area contributed by atoms with Crippen molar-refractivity contribution in [2.24, 2.45) is 0 Å². The Labute approximate surface area is 105 Å². The van der Waals surface area contributed by atoms with Crippen molar-refractivity contribution in [2.45, 2.75) is 26.1 Å². The molecule has 4 heteroatoms. The van der Waals surface area contributed by atoms with Crippen molar-refractivity contribution in [3.8, 4) is 5.75 Å². The third-order valence-corrected chi connectivity index (χ3v) is 2.35. The zero-order valence-electron chi connectivity index (χ0n) is 9.52. The molecule has 0 radical (unpaired) electrons. The van der Waals surface area contributed by atoms with Crippen LogP contribution in [0.1, 0.15) is 13.8 Å². The van der Waals surface area contributed by atoms with E-state index in [0.29, 0.717) is 6.61 Å². The van der Waals surface area contributed by atoms with Gasteiger partial charge in [0.15, 0.2) is 0 Å². The molecule has 1 rings (SSSR count). The van der Waals surface area contributed by atoms with Crippen molar-refractivity contribution in [1.29, 1.82) is 0 Å². The Bertz CT molecular complexity index is 315. The van der Waals surface area contributed by atoms with E-state index in [1.807, 2.05) is 38.1 Å². The average molecular weight is 289 g/mol. The van der Waals surface area contributed by atoms with E-state index in [1.54, 1.807) is 0 Å². The lowest BCUT2D eigenvalue weighted by atomic mass is 10.3. The van der Waals surface area contributed by atoms with Crippen LogP contribution in [0.3, 0.4) is 0 Å². The van der Waals surface area contributed by atoms with Gasteiger partial charge >= 0.3 is 0 Å². The normalized spacial score (nSPS) is 12.8. The fraction of sp³-hybridized carbons (Fsp3) is 0.500. The highest BCUT2D eigenvalue weighted by atomic mass is 79.9. The fourth-order valence-corrected chi connectivity index (χ4v) is 1.48. The summed E-state index contributed by atoms with van der Waals surface area (Å²) >= 11 is 3.35. The molecule has 0 spiro atoms. The summed E-state index contributed by atoms with van der Waals surface area (Å²) < 4.78 is 11.7. The highest BCUT2D eigenvalue weighted by molar-refractivity contribution is 9.10. The van der Waals surface area contributed by atoms with Crippen LogP contribution in [0.4, 0.5) is 0 Å². The number of aliphatic hydroxyl groups excluding tert-OH is 1. The maximum Gasteiger partial charge on any atom is 0.120 e. The van der Waals surface area contributed by atoms with Gasteiger partial charge in [-0.05, 0) is 32.0 Å². The van der Waals surface area contributed by atoms with Crippen LogP contribution in [-0.4, -0.2) is 30.5 Å². The van der Waals surface area contributed by atoms with Gasteiger partial charge < -0.3 is 14.6 Å². The van der Waals surface area contributed by atoms with Gasteiger partial charge in [0, 0.05) is 4.47 Å². The number of benzene rings is 1. The monoisotopic (exact) mass is 288 g/mol. The Morgan fingerprint density at radius 2 is 2.06 bits per heavy atom. The van der Waals surface area contributed by atoms with Gasteiger partial charge in [-0.1, -0.05) is 22.0 Å². The maximum absolute atomic E-state index is 9.57. The molecule has 0 heterocycles. The largest absolute Gasteiger partial charge is 0.491 e. The molecule has 0 aliphatic carbocycles. The molecule has 1 aromatic carbocycles. The molecule has 0 bridgehead atoms. The van der Waals surface area contributed by atoms with Crippen LogP contribution in [0, 0.1) is 0 Å². The van der Waals surface area contributed by atoms with Crippen molar-refractivity contribution in [1.82, 2.24) is 0 Å². The Morgan fingerprint density at radius 1 is 1.31 bits per heavy atom. The molecule has 1 aromatic rings. The van der Waals surface area contributed by atoms with Gasteiger partial charge in [-0.2, -0.15) is 0 Å². The van der Waals surface area contributed by atoms with Crippen molar-refractivity contribution < 1.29 is 14.6 Å². The SMILES string of the molecule is CC(C)OCC(O)COc1cccc(Br)c1. The van der Waals surface area contributed by atoms with E-state index in [2.05, 4.69) is 15.9 Å². The minimum absolute atomic E-state index is 0.125. The number of ether oxygens (including phenoxy) is 2. The average Bonchev–Trinajstić information content (AvgIpc) is 2.23. The molecule has 0 saturated carbocycles. The summed E-state index contributed by atoms with van der Waals surface area (Å²) in [5.74, 6) is 0.734. The summed E-state index contributed by atoms with van der Waals surface area (Å²) in [6.45, 7) is 4.40. The molecule has 0 fully saturated rings. The number of rotatable bonds is 6. The second-order valence-electron chi connectivity index (χ2n) is 3.80. The molecule has 0 aromatic heterocycles. The second-order valence-corrected chi connectivity index (χ2v) is 4.72. The lowest BCUT2D eigenvalue weighted by molar-refractivity contribution is -0.0122. The minimum atomic E-state index is -0.596. The van der Waals surface area contributed by atoms with Crippen molar-refractivity contribution in [3.05, 3.63) is 28.7 Å². The molecule has 1 atom stereocenters. The lowest BCUT2D eigenvalue weighted by Gasteiger charge is -2.14. The van der Waals surface area contributed by atoms with Gasteiger partial charge in [0.05, 0.1) is 12.7 Å². The summed E-state index contributed by atoms with van der Waals surface area (Å²) in [6.07, 6.45) is -0.470. The summed E-state index contributed by atoms with van der Waals surface area (Å²) in [6, 6.07) is 7.51. The topological polar surface area (TPSA) is 38.7 Å². The van der Waals surface area contributed by atoms with E-state index in [1.165, 1.54) is 0 Å². The smallest absolute Gasteiger partial charge is 0.120 e. The van der Waals surface area contributed by atoms with E-state index >= 15 is 0 Å². The molecule has 3 nitrogen and oxygen atoms in total. The van der Waals surface area contributed by atoms with Gasteiger partial charge in [-0.15, -0.1) is 0 Å².